The zero-order chi connectivity index (χ0) is 17.7. The fraction of sp³-hybridized carbons (Fsp3) is 0.476. The van der Waals surface area contributed by atoms with Crippen LogP contribution in [0.3, 0.4) is 0 Å². The molecule has 0 aliphatic heterocycles. The highest BCUT2D eigenvalue weighted by molar-refractivity contribution is 9.10. The molecule has 25 heavy (non-hydrogen) atoms. The van der Waals surface area contributed by atoms with Gasteiger partial charge in [-0.2, -0.15) is 0 Å². The van der Waals surface area contributed by atoms with Crippen LogP contribution < -0.4 is 0 Å². The van der Waals surface area contributed by atoms with Crippen molar-refractivity contribution in [2.75, 3.05) is 6.54 Å². The third-order valence-corrected chi connectivity index (χ3v) is 4.59. The van der Waals surface area contributed by atoms with Crippen molar-refractivity contribution in [2.24, 2.45) is 4.99 Å². The Labute approximate surface area is 160 Å². The number of aromatic nitrogens is 2. The second-order valence-corrected chi connectivity index (χ2v) is 7.14. The Morgan fingerprint density at radius 1 is 0.920 bits per heavy atom. The second kappa shape index (κ2) is 11.9. The summed E-state index contributed by atoms with van der Waals surface area (Å²) in [5.41, 5.74) is 2.79. The molecule has 2 rings (SSSR count). The normalized spacial score (nSPS) is 11.3. The molecule has 0 amide bonds. The number of rotatable bonds is 11. The standard InChI is InChI=1S/C21H28BrN3/c1-2-3-4-5-6-7-8-9-15-23-16-18-13-14-19(24-17-18)20-11-10-12-21(22)25-20/h10-14,16-17H,2-9,15H2,1H3. The van der Waals surface area contributed by atoms with Gasteiger partial charge in [0.1, 0.15) is 4.60 Å². The third kappa shape index (κ3) is 7.91. The minimum atomic E-state index is 0.822. The number of unbranched alkanes of at least 4 members (excludes halogenated alkanes) is 7. The monoisotopic (exact) mass is 401 g/mol. The summed E-state index contributed by atoms with van der Waals surface area (Å²) < 4.78 is 0.822. The lowest BCUT2D eigenvalue weighted by atomic mass is 10.1. The fourth-order valence-electron chi connectivity index (χ4n) is 2.69. The molecule has 0 spiro atoms. The van der Waals surface area contributed by atoms with Gasteiger partial charge in [-0.3, -0.25) is 9.98 Å². The summed E-state index contributed by atoms with van der Waals surface area (Å²) >= 11 is 3.39. The zero-order valence-corrected chi connectivity index (χ0v) is 16.7. The van der Waals surface area contributed by atoms with Gasteiger partial charge in [-0.15, -0.1) is 0 Å². The van der Waals surface area contributed by atoms with Crippen LogP contribution in [0.2, 0.25) is 0 Å². The van der Waals surface area contributed by atoms with Crippen molar-refractivity contribution in [2.45, 2.75) is 58.3 Å². The summed E-state index contributed by atoms with van der Waals surface area (Å²) in [4.78, 5) is 13.4. The molecule has 0 N–H and O–H groups in total. The maximum absolute atomic E-state index is 4.52. The van der Waals surface area contributed by atoms with Crippen LogP contribution in [-0.4, -0.2) is 22.7 Å². The van der Waals surface area contributed by atoms with Gasteiger partial charge in [0.2, 0.25) is 0 Å². The Hall–Kier alpha value is -1.55. The highest BCUT2D eigenvalue weighted by atomic mass is 79.9. The van der Waals surface area contributed by atoms with E-state index in [0.29, 0.717) is 0 Å². The van der Waals surface area contributed by atoms with Crippen molar-refractivity contribution in [3.8, 4) is 11.4 Å². The van der Waals surface area contributed by atoms with E-state index in [2.05, 4.69) is 37.8 Å². The predicted molar refractivity (Wildman–Crippen MR) is 110 cm³/mol. The fourth-order valence-corrected chi connectivity index (χ4v) is 3.03. The molecule has 0 bridgehead atoms. The number of hydrogen-bond acceptors (Lipinski definition) is 3. The topological polar surface area (TPSA) is 38.1 Å². The highest BCUT2D eigenvalue weighted by Crippen LogP contribution is 2.17. The lowest BCUT2D eigenvalue weighted by molar-refractivity contribution is 0.578. The van der Waals surface area contributed by atoms with E-state index in [1.54, 1.807) is 0 Å². The van der Waals surface area contributed by atoms with E-state index in [0.717, 1.165) is 28.1 Å². The first-order valence-electron chi connectivity index (χ1n) is 9.38. The molecule has 0 radical (unpaired) electrons. The Morgan fingerprint density at radius 2 is 1.68 bits per heavy atom. The number of halogens is 1. The average Bonchev–Trinajstić information content (AvgIpc) is 2.64. The summed E-state index contributed by atoms with van der Waals surface area (Å²) in [6, 6.07) is 9.88. The van der Waals surface area contributed by atoms with Crippen molar-refractivity contribution in [1.29, 1.82) is 0 Å². The van der Waals surface area contributed by atoms with E-state index < -0.39 is 0 Å². The molecule has 0 fully saturated rings. The van der Waals surface area contributed by atoms with Crippen molar-refractivity contribution in [1.82, 2.24) is 9.97 Å². The molecule has 2 aromatic rings. The molecule has 3 nitrogen and oxygen atoms in total. The van der Waals surface area contributed by atoms with Crippen molar-refractivity contribution in [3.63, 3.8) is 0 Å². The molecule has 0 saturated heterocycles. The molecule has 0 unspecified atom stereocenters. The van der Waals surface area contributed by atoms with Crippen LogP contribution in [0.1, 0.15) is 63.9 Å². The van der Waals surface area contributed by atoms with Gasteiger partial charge >= 0.3 is 0 Å². The zero-order valence-electron chi connectivity index (χ0n) is 15.1. The molecule has 134 valence electrons. The van der Waals surface area contributed by atoms with Crippen molar-refractivity contribution < 1.29 is 0 Å². The lowest BCUT2D eigenvalue weighted by Gasteiger charge is -2.01. The summed E-state index contributed by atoms with van der Waals surface area (Å²) in [5, 5.41) is 0. The molecule has 0 aliphatic rings. The molecule has 0 aliphatic carbocycles. The van der Waals surface area contributed by atoms with E-state index >= 15 is 0 Å². The summed E-state index contributed by atoms with van der Waals surface area (Å²) in [6.45, 7) is 3.17. The first-order chi connectivity index (χ1) is 12.3. The van der Waals surface area contributed by atoms with Crippen LogP contribution in [-0.2, 0) is 0 Å². The van der Waals surface area contributed by atoms with Gasteiger partial charge in [0.05, 0.1) is 11.4 Å². The van der Waals surface area contributed by atoms with E-state index in [4.69, 9.17) is 0 Å². The van der Waals surface area contributed by atoms with Gasteiger partial charge < -0.3 is 0 Å². The van der Waals surface area contributed by atoms with Gasteiger partial charge in [0, 0.05) is 24.5 Å². The quantitative estimate of drug-likeness (QED) is 0.246. The van der Waals surface area contributed by atoms with Crippen LogP contribution in [0, 0.1) is 0 Å². The maximum atomic E-state index is 4.52. The van der Waals surface area contributed by atoms with Crippen LogP contribution >= 0.6 is 15.9 Å². The Kier molecular flexibility index (Phi) is 9.42. The minimum absolute atomic E-state index is 0.822. The smallest absolute Gasteiger partial charge is 0.106 e. The molecule has 2 aromatic heterocycles. The number of pyridine rings is 2. The Bertz CT molecular complexity index is 638. The first kappa shape index (κ1) is 19.8. The van der Waals surface area contributed by atoms with Crippen molar-refractivity contribution >= 4 is 22.1 Å². The van der Waals surface area contributed by atoms with Gasteiger partial charge in [-0.1, -0.05) is 57.9 Å². The predicted octanol–water partition coefficient (Wildman–Crippen LogP) is 6.47. The van der Waals surface area contributed by atoms with E-state index in [-0.39, 0.29) is 0 Å². The molecule has 0 saturated carbocycles. The SMILES string of the molecule is CCCCCCCCCCN=Cc1ccc(-c2cccc(Br)n2)nc1. The Balaban J connectivity index is 1.66. The number of aliphatic imine (C=N–C) groups is 1. The molecule has 0 aromatic carbocycles. The lowest BCUT2D eigenvalue weighted by Crippen LogP contribution is -1.91. The summed E-state index contributed by atoms with van der Waals surface area (Å²) in [7, 11) is 0. The third-order valence-electron chi connectivity index (χ3n) is 4.15. The molecular weight excluding hydrogens is 374 g/mol. The van der Waals surface area contributed by atoms with Crippen LogP contribution in [0.15, 0.2) is 46.1 Å². The minimum Gasteiger partial charge on any atom is -0.293 e. The average molecular weight is 402 g/mol. The van der Waals surface area contributed by atoms with E-state index in [1.165, 1.54) is 51.4 Å². The van der Waals surface area contributed by atoms with E-state index in [9.17, 15) is 0 Å². The number of nitrogens with zero attached hydrogens (tertiary/aromatic N) is 3. The first-order valence-corrected chi connectivity index (χ1v) is 10.2. The van der Waals surface area contributed by atoms with E-state index in [1.807, 2.05) is 42.7 Å². The van der Waals surface area contributed by atoms with Crippen LogP contribution in [0.5, 0.6) is 0 Å². The van der Waals surface area contributed by atoms with Crippen LogP contribution in [0.25, 0.3) is 11.4 Å². The Morgan fingerprint density at radius 3 is 2.36 bits per heavy atom. The van der Waals surface area contributed by atoms with Crippen molar-refractivity contribution in [3.05, 3.63) is 46.7 Å². The molecule has 0 atom stereocenters. The summed E-state index contributed by atoms with van der Waals surface area (Å²) in [6.07, 6.45) is 14.5. The maximum Gasteiger partial charge on any atom is 0.106 e. The highest BCUT2D eigenvalue weighted by Gasteiger charge is 2.01. The second-order valence-electron chi connectivity index (χ2n) is 6.33. The van der Waals surface area contributed by atoms with Gasteiger partial charge in [-0.25, -0.2) is 4.98 Å². The van der Waals surface area contributed by atoms with Gasteiger partial charge in [-0.05, 0) is 46.6 Å². The molecular formula is C21H28BrN3. The van der Waals surface area contributed by atoms with Crippen LogP contribution in [0.4, 0.5) is 0 Å². The molecule has 2 heterocycles. The number of hydrogen-bond donors (Lipinski definition) is 0. The summed E-state index contributed by atoms with van der Waals surface area (Å²) in [5.74, 6) is 0. The van der Waals surface area contributed by atoms with Gasteiger partial charge in [0.15, 0.2) is 0 Å². The van der Waals surface area contributed by atoms with Gasteiger partial charge in [0.25, 0.3) is 0 Å². The largest absolute Gasteiger partial charge is 0.293 e. The molecule has 4 heteroatoms.